The van der Waals surface area contributed by atoms with Gasteiger partial charge in [0, 0.05) is 43.2 Å². The van der Waals surface area contributed by atoms with Crippen LogP contribution in [0.15, 0.2) is 93.8 Å². The molecule has 31 heavy (non-hydrogen) atoms. The average Bonchev–Trinajstić information content (AvgIpc) is 3.49. The third-order valence-corrected chi connectivity index (χ3v) is 6.59. The second-order valence-corrected chi connectivity index (χ2v) is 8.18. The molecule has 0 aliphatic heterocycles. The predicted molar refractivity (Wildman–Crippen MR) is 128 cm³/mol. The number of fused-ring (bicyclic) bond motifs is 14. The van der Waals surface area contributed by atoms with Crippen LogP contribution in [0.25, 0.3) is 76.5 Å². The summed E-state index contributed by atoms with van der Waals surface area (Å²) in [5.74, 6) is 0. The van der Waals surface area contributed by atoms with Crippen molar-refractivity contribution in [3.63, 3.8) is 0 Å². The van der Waals surface area contributed by atoms with Crippen LogP contribution in [0.1, 0.15) is 0 Å². The molecule has 0 amide bonds. The first kappa shape index (κ1) is 15.6. The first-order chi connectivity index (χ1) is 15.4. The standard InChI is InChI=1S/C28H15NO2/c1-4-10-19-15(7-1)26-25-18(13-14-22-24(25)17-9-3-5-11-20(17)30-22)23-16-8-2-6-12-21(16)31-28(23)27(26)29-19/h1-14,29H. The molecule has 8 aromatic rings. The molecule has 0 unspecified atom stereocenters. The molecular weight excluding hydrogens is 382 g/mol. The number of nitrogens with one attached hydrogen (secondary N) is 1. The molecule has 144 valence electrons. The molecule has 0 radical (unpaired) electrons. The number of benzene rings is 5. The molecule has 0 saturated carbocycles. The van der Waals surface area contributed by atoms with Crippen LogP contribution in [0, 0.1) is 0 Å². The van der Waals surface area contributed by atoms with Crippen molar-refractivity contribution in [3.05, 3.63) is 84.9 Å². The van der Waals surface area contributed by atoms with Crippen LogP contribution in [-0.4, -0.2) is 4.98 Å². The van der Waals surface area contributed by atoms with Gasteiger partial charge in [-0.25, -0.2) is 0 Å². The van der Waals surface area contributed by atoms with Gasteiger partial charge in [-0.2, -0.15) is 0 Å². The molecule has 0 saturated heterocycles. The second-order valence-electron chi connectivity index (χ2n) is 8.18. The van der Waals surface area contributed by atoms with Crippen LogP contribution in [0.4, 0.5) is 0 Å². The summed E-state index contributed by atoms with van der Waals surface area (Å²) in [6, 6.07) is 29.3. The number of rotatable bonds is 0. The average molecular weight is 397 g/mol. The van der Waals surface area contributed by atoms with Crippen LogP contribution < -0.4 is 0 Å². The topological polar surface area (TPSA) is 42.1 Å². The Morgan fingerprint density at radius 3 is 1.97 bits per heavy atom. The van der Waals surface area contributed by atoms with E-state index in [2.05, 4.69) is 65.6 Å². The van der Waals surface area contributed by atoms with Gasteiger partial charge in [-0.15, -0.1) is 0 Å². The lowest BCUT2D eigenvalue weighted by atomic mass is 9.95. The number of aromatic nitrogens is 1. The normalized spacial score (nSPS) is 12.5. The molecule has 3 heterocycles. The number of aromatic amines is 1. The zero-order valence-corrected chi connectivity index (χ0v) is 16.4. The lowest BCUT2D eigenvalue weighted by Crippen LogP contribution is -1.80. The Kier molecular flexibility index (Phi) is 2.65. The van der Waals surface area contributed by atoms with Gasteiger partial charge in [0.05, 0.1) is 5.52 Å². The molecule has 5 aromatic carbocycles. The maximum atomic E-state index is 6.43. The van der Waals surface area contributed by atoms with E-state index in [-0.39, 0.29) is 0 Å². The highest BCUT2D eigenvalue weighted by molar-refractivity contribution is 6.40. The number of H-pyrrole nitrogens is 1. The van der Waals surface area contributed by atoms with Gasteiger partial charge in [-0.1, -0.05) is 54.6 Å². The summed E-state index contributed by atoms with van der Waals surface area (Å²) in [5, 5.41) is 9.38. The van der Waals surface area contributed by atoms with E-state index in [1.165, 1.54) is 21.5 Å². The summed E-state index contributed by atoms with van der Waals surface area (Å²) >= 11 is 0. The molecule has 3 nitrogen and oxygen atoms in total. The van der Waals surface area contributed by atoms with Crippen LogP contribution in [0.5, 0.6) is 0 Å². The minimum Gasteiger partial charge on any atom is -0.456 e. The summed E-state index contributed by atoms with van der Waals surface area (Å²) in [7, 11) is 0. The molecule has 3 heteroatoms. The Balaban J connectivity index is 1.83. The zero-order valence-electron chi connectivity index (χ0n) is 16.4. The van der Waals surface area contributed by atoms with Crippen LogP contribution in [0.2, 0.25) is 0 Å². The van der Waals surface area contributed by atoms with E-state index >= 15 is 0 Å². The highest BCUT2D eigenvalue weighted by atomic mass is 16.3. The van der Waals surface area contributed by atoms with Crippen LogP contribution in [0.3, 0.4) is 0 Å². The Hall–Kier alpha value is -4.24. The first-order valence-corrected chi connectivity index (χ1v) is 10.5. The molecule has 0 aliphatic rings. The van der Waals surface area contributed by atoms with Crippen LogP contribution >= 0.6 is 0 Å². The van der Waals surface area contributed by atoms with Crippen molar-refractivity contribution in [2.24, 2.45) is 0 Å². The zero-order chi connectivity index (χ0) is 20.1. The van der Waals surface area contributed by atoms with E-state index in [4.69, 9.17) is 8.83 Å². The summed E-state index contributed by atoms with van der Waals surface area (Å²) in [4.78, 5) is 3.65. The first-order valence-electron chi connectivity index (χ1n) is 10.5. The van der Waals surface area contributed by atoms with E-state index in [1.54, 1.807) is 0 Å². The SMILES string of the molecule is c1ccc2c(c1)[nH]c1c3oc4ccccc4c3c3ccc4oc5ccccc5c4c3c21. The molecule has 3 aromatic heterocycles. The van der Waals surface area contributed by atoms with Gasteiger partial charge in [0.2, 0.25) is 0 Å². The van der Waals surface area contributed by atoms with Crippen molar-refractivity contribution in [2.45, 2.75) is 0 Å². The minimum absolute atomic E-state index is 0.905. The quantitative estimate of drug-likeness (QED) is 0.280. The fourth-order valence-corrected chi connectivity index (χ4v) is 5.35. The fourth-order valence-electron chi connectivity index (χ4n) is 5.35. The fraction of sp³-hybridized carbons (Fsp3) is 0. The highest BCUT2D eigenvalue weighted by Crippen LogP contribution is 2.47. The van der Waals surface area contributed by atoms with E-state index in [9.17, 15) is 0 Å². The van der Waals surface area contributed by atoms with Gasteiger partial charge >= 0.3 is 0 Å². The van der Waals surface area contributed by atoms with Crippen molar-refractivity contribution >= 4 is 76.5 Å². The van der Waals surface area contributed by atoms with E-state index in [0.717, 1.165) is 54.9 Å². The third-order valence-electron chi connectivity index (χ3n) is 6.59. The van der Waals surface area contributed by atoms with Crippen LogP contribution in [-0.2, 0) is 0 Å². The van der Waals surface area contributed by atoms with Crippen molar-refractivity contribution < 1.29 is 8.83 Å². The minimum atomic E-state index is 0.905. The summed E-state index contributed by atoms with van der Waals surface area (Å²) in [5.41, 5.74) is 5.78. The molecule has 0 atom stereocenters. The molecular formula is C28H15NO2. The molecule has 0 aliphatic carbocycles. The number of hydrogen-bond acceptors (Lipinski definition) is 2. The third kappa shape index (κ3) is 1.80. The molecule has 0 fully saturated rings. The Morgan fingerprint density at radius 1 is 0.452 bits per heavy atom. The summed E-state index contributed by atoms with van der Waals surface area (Å²) in [6.45, 7) is 0. The second kappa shape index (κ2) is 5.27. The van der Waals surface area contributed by atoms with Gasteiger partial charge in [-0.3, -0.25) is 0 Å². The van der Waals surface area contributed by atoms with Crippen molar-refractivity contribution in [2.75, 3.05) is 0 Å². The van der Waals surface area contributed by atoms with Gasteiger partial charge in [0.1, 0.15) is 16.7 Å². The van der Waals surface area contributed by atoms with Crippen molar-refractivity contribution in [1.29, 1.82) is 0 Å². The predicted octanol–water partition coefficient (Wildman–Crippen LogP) is 8.27. The van der Waals surface area contributed by atoms with E-state index < -0.39 is 0 Å². The maximum absolute atomic E-state index is 6.43. The summed E-state index contributed by atoms with van der Waals surface area (Å²) in [6.07, 6.45) is 0. The Bertz CT molecular complexity index is 2000. The maximum Gasteiger partial charge on any atom is 0.160 e. The molecule has 0 bridgehead atoms. The molecule has 8 rings (SSSR count). The van der Waals surface area contributed by atoms with Crippen molar-refractivity contribution in [3.8, 4) is 0 Å². The smallest absolute Gasteiger partial charge is 0.160 e. The van der Waals surface area contributed by atoms with E-state index in [1.807, 2.05) is 24.3 Å². The lowest BCUT2D eigenvalue weighted by Gasteiger charge is -2.05. The lowest BCUT2D eigenvalue weighted by molar-refractivity contribution is 0.669. The Morgan fingerprint density at radius 2 is 1.13 bits per heavy atom. The van der Waals surface area contributed by atoms with Crippen molar-refractivity contribution in [1.82, 2.24) is 4.98 Å². The monoisotopic (exact) mass is 397 g/mol. The molecule has 1 N–H and O–H groups in total. The van der Waals surface area contributed by atoms with Gasteiger partial charge in [-0.05, 0) is 35.7 Å². The number of para-hydroxylation sites is 3. The number of hydrogen-bond donors (Lipinski definition) is 1. The molecule has 0 spiro atoms. The van der Waals surface area contributed by atoms with Gasteiger partial charge in [0.25, 0.3) is 0 Å². The number of furan rings is 2. The van der Waals surface area contributed by atoms with Gasteiger partial charge in [0.15, 0.2) is 5.58 Å². The largest absolute Gasteiger partial charge is 0.456 e. The summed E-state index contributed by atoms with van der Waals surface area (Å²) < 4.78 is 12.7. The Labute approximate surface area is 175 Å². The highest BCUT2D eigenvalue weighted by Gasteiger charge is 2.22. The van der Waals surface area contributed by atoms with E-state index in [0.29, 0.717) is 0 Å². The van der Waals surface area contributed by atoms with Gasteiger partial charge < -0.3 is 13.8 Å².